The normalized spacial score (nSPS) is 20.7. The molecular weight excluding hydrogens is 457 g/mol. The van der Waals surface area contributed by atoms with E-state index in [2.05, 4.69) is 20.3 Å². The molecule has 0 unspecified atom stereocenters. The van der Waals surface area contributed by atoms with Crippen LogP contribution >= 0.6 is 0 Å². The van der Waals surface area contributed by atoms with Gasteiger partial charge in [-0.05, 0) is 26.8 Å². The third-order valence-electron chi connectivity index (χ3n) is 5.86. The topological polar surface area (TPSA) is 116 Å². The fourth-order valence-corrected chi connectivity index (χ4v) is 4.04. The Morgan fingerprint density at radius 3 is 2.74 bits per heavy atom. The van der Waals surface area contributed by atoms with E-state index >= 15 is 0 Å². The van der Waals surface area contributed by atoms with E-state index in [1.54, 1.807) is 50.9 Å². The van der Waals surface area contributed by atoms with Crippen LogP contribution in [0.4, 0.5) is 15.1 Å². The van der Waals surface area contributed by atoms with Crippen LogP contribution in [0.15, 0.2) is 24.5 Å². The molecule has 2 aliphatic heterocycles. The Hall–Kier alpha value is -3.54. The van der Waals surface area contributed by atoms with Crippen molar-refractivity contribution in [2.45, 2.75) is 44.5 Å². The van der Waals surface area contributed by atoms with Gasteiger partial charge in [-0.1, -0.05) is 0 Å². The van der Waals surface area contributed by atoms with Crippen LogP contribution in [0, 0.1) is 0 Å². The molecule has 5 heterocycles. The number of aromatic nitrogens is 5. The Labute approximate surface area is 201 Å². The number of hydrogen-bond acceptors (Lipinski definition) is 9. The molecular formula is C23H28FN7O4. The number of carbonyl (C=O) groups excluding carboxylic acids is 1. The number of nitrogens with zero attached hydrogens (tertiary/aromatic N) is 6. The van der Waals surface area contributed by atoms with Crippen molar-refractivity contribution in [3.05, 3.63) is 30.2 Å². The number of likely N-dealkylation sites (tertiary alicyclic amines) is 1. The predicted molar refractivity (Wildman–Crippen MR) is 124 cm³/mol. The number of carbonyl (C=O) groups is 1. The SMILES string of the molecule is COc1cc2ncc(-c3ccnc(N[C@H]4CN(C(=O)OC(C)(C)C)C[C@@H]4F)n3)n2nc1C1COC1. The number of amides is 1. The maximum Gasteiger partial charge on any atom is 0.410 e. The minimum absolute atomic E-state index is 0.0566. The van der Waals surface area contributed by atoms with Crippen LogP contribution < -0.4 is 10.1 Å². The Balaban J connectivity index is 1.36. The molecule has 2 saturated heterocycles. The molecule has 2 aliphatic rings. The van der Waals surface area contributed by atoms with Crippen molar-refractivity contribution in [1.29, 1.82) is 0 Å². The summed E-state index contributed by atoms with van der Waals surface area (Å²) in [5.74, 6) is 1.07. The second-order valence-corrected chi connectivity index (χ2v) is 9.66. The zero-order chi connectivity index (χ0) is 24.7. The van der Waals surface area contributed by atoms with Crippen LogP contribution in [0.5, 0.6) is 5.75 Å². The molecule has 0 aliphatic carbocycles. The predicted octanol–water partition coefficient (Wildman–Crippen LogP) is 2.68. The van der Waals surface area contributed by atoms with E-state index < -0.39 is 23.9 Å². The molecule has 3 aromatic heterocycles. The summed E-state index contributed by atoms with van der Waals surface area (Å²) in [4.78, 5) is 26.9. The molecule has 0 radical (unpaired) electrons. The van der Waals surface area contributed by atoms with Gasteiger partial charge in [-0.3, -0.25) is 0 Å². The lowest BCUT2D eigenvalue weighted by Crippen LogP contribution is -2.36. The summed E-state index contributed by atoms with van der Waals surface area (Å²) in [6, 6.07) is 2.91. The average Bonchev–Trinajstić information content (AvgIpc) is 3.34. The summed E-state index contributed by atoms with van der Waals surface area (Å²) in [7, 11) is 1.61. The molecule has 0 saturated carbocycles. The Kier molecular flexibility index (Phi) is 5.91. The number of halogens is 1. The van der Waals surface area contributed by atoms with E-state index in [9.17, 15) is 9.18 Å². The maximum atomic E-state index is 14.7. The molecule has 1 N–H and O–H groups in total. The number of methoxy groups -OCH3 is 1. The zero-order valence-corrected chi connectivity index (χ0v) is 20.1. The number of alkyl halides is 1. The fraction of sp³-hybridized carbons (Fsp3) is 0.522. The number of ether oxygens (including phenoxy) is 3. The Morgan fingerprint density at radius 2 is 2.06 bits per heavy atom. The Bertz CT molecular complexity index is 1240. The largest absolute Gasteiger partial charge is 0.495 e. The standard InChI is InChI=1S/C23H28FN7O4/c1-23(2,3)35-22(32)30-9-14(24)16(10-30)28-21-25-6-5-15(27-21)17-8-26-19-7-18(33-4)20(29-31(17)19)13-11-34-12-13/h5-8,13-14,16H,9-12H2,1-4H3,(H,25,27,28)/t14-,16-/m0/s1. The van der Waals surface area contributed by atoms with Crippen LogP contribution in [0.25, 0.3) is 17.0 Å². The summed E-state index contributed by atoms with van der Waals surface area (Å²) in [5, 5.41) is 7.78. The minimum atomic E-state index is -1.29. The van der Waals surface area contributed by atoms with E-state index in [1.807, 2.05) is 6.07 Å². The zero-order valence-electron chi connectivity index (χ0n) is 20.1. The van der Waals surface area contributed by atoms with Gasteiger partial charge in [-0.15, -0.1) is 0 Å². The number of anilines is 1. The van der Waals surface area contributed by atoms with Gasteiger partial charge in [0.25, 0.3) is 0 Å². The molecule has 35 heavy (non-hydrogen) atoms. The van der Waals surface area contributed by atoms with E-state index in [4.69, 9.17) is 19.3 Å². The first-order valence-electron chi connectivity index (χ1n) is 11.4. The van der Waals surface area contributed by atoms with Crippen LogP contribution in [0.3, 0.4) is 0 Å². The number of nitrogens with one attached hydrogen (secondary N) is 1. The quantitative estimate of drug-likeness (QED) is 0.582. The molecule has 1 amide bonds. The summed E-state index contributed by atoms with van der Waals surface area (Å²) in [6.07, 6.45) is 1.43. The van der Waals surface area contributed by atoms with E-state index in [0.29, 0.717) is 36.0 Å². The number of hydrogen-bond donors (Lipinski definition) is 1. The van der Waals surface area contributed by atoms with Crippen LogP contribution in [0.1, 0.15) is 32.4 Å². The fourth-order valence-electron chi connectivity index (χ4n) is 4.04. The lowest BCUT2D eigenvalue weighted by Gasteiger charge is -2.26. The van der Waals surface area contributed by atoms with Gasteiger partial charge in [0.15, 0.2) is 5.65 Å². The van der Waals surface area contributed by atoms with Crippen molar-refractivity contribution in [3.63, 3.8) is 0 Å². The van der Waals surface area contributed by atoms with E-state index in [1.165, 1.54) is 4.90 Å². The van der Waals surface area contributed by atoms with Crippen molar-refractivity contribution < 1.29 is 23.4 Å². The molecule has 0 spiro atoms. The highest BCUT2D eigenvalue weighted by atomic mass is 19.1. The molecule has 186 valence electrons. The summed E-state index contributed by atoms with van der Waals surface area (Å²) >= 11 is 0. The molecule has 2 fully saturated rings. The van der Waals surface area contributed by atoms with Crippen LogP contribution in [-0.4, -0.2) is 86.8 Å². The smallest absolute Gasteiger partial charge is 0.410 e. The highest BCUT2D eigenvalue weighted by Gasteiger charge is 2.38. The van der Waals surface area contributed by atoms with Crippen molar-refractivity contribution in [1.82, 2.24) is 29.5 Å². The first-order chi connectivity index (χ1) is 16.7. The van der Waals surface area contributed by atoms with Gasteiger partial charge in [0.05, 0.1) is 50.7 Å². The highest BCUT2D eigenvalue weighted by molar-refractivity contribution is 5.69. The van der Waals surface area contributed by atoms with Gasteiger partial charge in [-0.2, -0.15) is 5.10 Å². The monoisotopic (exact) mass is 485 g/mol. The van der Waals surface area contributed by atoms with Crippen LogP contribution in [-0.2, 0) is 9.47 Å². The summed E-state index contributed by atoms with van der Waals surface area (Å²) < 4.78 is 32.6. The molecule has 12 heteroatoms. The van der Waals surface area contributed by atoms with Crippen LogP contribution in [0.2, 0.25) is 0 Å². The minimum Gasteiger partial charge on any atom is -0.495 e. The molecule has 2 atom stereocenters. The lowest BCUT2D eigenvalue weighted by molar-refractivity contribution is 0.00529. The number of imidazole rings is 1. The van der Waals surface area contributed by atoms with Gasteiger partial charge in [0, 0.05) is 18.8 Å². The van der Waals surface area contributed by atoms with Gasteiger partial charge in [0.1, 0.15) is 28.9 Å². The summed E-state index contributed by atoms with van der Waals surface area (Å²) in [5.41, 5.74) is 1.99. The third-order valence-corrected chi connectivity index (χ3v) is 5.86. The van der Waals surface area contributed by atoms with Gasteiger partial charge >= 0.3 is 6.09 Å². The van der Waals surface area contributed by atoms with E-state index in [0.717, 1.165) is 5.69 Å². The molecule has 0 aromatic carbocycles. The first kappa shape index (κ1) is 23.2. The number of fused-ring (bicyclic) bond motifs is 1. The molecule has 11 nitrogen and oxygen atoms in total. The first-order valence-corrected chi connectivity index (χ1v) is 11.4. The van der Waals surface area contributed by atoms with Gasteiger partial charge in [-0.25, -0.2) is 28.7 Å². The molecule has 0 bridgehead atoms. The van der Waals surface area contributed by atoms with Crippen molar-refractivity contribution in [2.24, 2.45) is 0 Å². The highest BCUT2D eigenvalue weighted by Crippen LogP contribution is 2.32. The van der Waals surface area contributed by atoms with Gasteiger partial charge < -0.3 is 24.4 Å². The van der Waals surface area contributed by atoms with Crippen molar-refractivity contribution >= 4 is 17.7 Å². The Morgan fingerprint density at radius 1 is 1.26 bits per heavy atom. The molecule has 3 aromatic rings. The number of rotatable bonds is 5. The third kappa shape index (κ3) is 4.70. The van der Waals surface area contributed by atoms with E-state index in [-0.39, 0.29) is 25.0 Å². The lowest BCUT2D eigenvalue weighted by atomic mass is 10.0. The maximum absolute atomic E-state index is 14.7. The second kappa shape index (κ2) is 8.91. The average molecular weight is 486 g/mol. The van der Waals surface area contributed by atoms with Crippen molar-refractivity contribution in [3.8, 4) is 17.1 Å². The second-order valence-electron chi connectivity index (χ2n) is 9.66. The van der Waals surface area contributed by atoms with Crippen molar-refractivity contribution in [2.75, 3.05) is 38.7 Å². The summed E-state index contributed by atoms with van der Waals surface area (Å²) in [6.45, 7) is 6.59. The molecule has 5 rings (SSSR count). The van der Waals surface area contributed by atoms with Gasteiger partial charge in [0.2, 0.25) is 5.95 Å².